The van der Waals surface area contributed by atoms with Crippen molar-refractivity contribution in [1.82, 2.24) is 4.90 Å². The molecule has 0 unspecified atom stereocenters. The first-order valence-electron chi connectivity index (χ1n) is 8.69. The number of benzene rings is 1. The van der Waals surface area contributed by atoms with Crippen LogP contribution < -0.4 is 10.1 Å². The Morgan fingerprint density at radius 1 is 1.46 bits per heavy atom. The molecule has 2 fully saturated rings. The number of rotatable bonds is 6. The van der Waals surface area contributed by atoms with Crippen LogP contribution in [0.5, 0.6) is 5.75 Å². The number of methoxy groups -OCH3 is 1. The molecule has 5 nitrogen and oxygen atoms in total. The molecule has 1 amide bonds. The van der Waals surface area contributed by atoms with E-state index in [0.717, 1.165) is 31.0 Å². The van der Waals surface area contributed by atoms with E-state index in [1.54, 1.807) is 7.11 Å². The van der Waals surface area contributed by atoms with Crippen LogP contribution in [0.1, 0.15) is 26.7 Å². The van der Waals surface area contributed by atoms with Crippen molar-refractivity contribution in [2.45, 2.75) is 38.8 Å². The number of hydrogen-bond donors (Lipinski definition) is 1. The molecule has 3 atom stereocenters. The van der Waals surface area contributed by atoms with Gasteiger partial charge in [0, 0.05) is 48.7 Å². The fraction of sp³-hybridized carbons (Fsp3) is 0.632. The van der Waals surface area contributed by atoms with Gasteiger partial charge in [-0.3, -0.25) is 4.79 Å². The van der Waals surface area contributed by atoms with E-state index < -0.39 is 0 Å². The zero-order valence-electron chi connectivity index (χ0n) is 15.0. The Kier molecular flexibility index (Phi) is 4.83. The molecule has 1 aliphatic carbocycles. The molecule has 0 spiro atoms. The van der Waals surface area contributed by atoms with Crippen LogP contribution >= 0.6 is 0 Å². The molecule has 1 N–H and O–H groups in total. The lowest BCUT2D eigenvalue weighted by Crippen LogP contribution is -2.66. The van der Waals surface area contributed by atoms with Crippen molar-refractivity contribution in [2.75, 3.05) is 32.6 Å². The molecule has 1 aromatic rings. The van der Waals surface area contributed by atoms with Crippen molar-refractivity contribution in [3.8, 4) is 5.75 Å². The molecule has 5 heteroatoms. The van der Waals surface area contributed by atoms with Gasteiger partial charge in [-0.05, 0) is 25.6 Å². The summed E-state index contributed by atoms with van der Waals surface area (Å²) in [6, 6.07) is 7.94. The van der Waals surface area contributed by atoms with Crippen molar-refractivity contribution in [3.63, 3.8) is 0 Å². The second-order valence-corrected chi connectivity index (χ2v) is 7.52. The Balaban J connectivity index is 1.51. The Hall–Kier alpha value is -1.59. The van der Waals surface area contributed by atoms with Crippen LogP contribution in [0.25, 0.3) is 0 Å². The summed E-state index contributed by atoms with van der Waals surface area (Å²) in [5.41, 5.74) is 0.939. The van der Waals surface area contributed by atoms with Crippen molar-refractivity contribution in [2.24, 2.45) is 11.3 Å². The summed E-state index contributed by atoms with van der Waals surface area (Å²) >= 11 is 0. The minimum Gasteiger partial charge on any atom is -0.497 e. The quantitative estimate of drug-likeness (QED) is 0.870. The van der Waals surface area contributed by atoms with Crippen molar-refractivity contribution in [3.05, 3.63) is 24.3 Å². The van der Waals surface area contributed by atoms with Gasteiger partial charge in [-0.15, -0.1) is 0 Å². The van der Waals surface area contributed by atoms with Gasteiger partial charge in [0.2, 0.25) is 5.91 Å². The summed E-state index contributed by atoms with van der Waals surface area (Å²) in [5.74, 6) is 1.39. The van der Waals surface area contributed by atoms with Crippen molar-refractivity contribution >= 4 is 11.6 Å². The monoisotopic (exact) mass is 332 g/mol. The predicted molar refractivity (Wildman–Crippen MR) is 94.3 cm³/mol. The van der Waals surface area contributed by atoms with Crippen LogP contribution in [0.15, 0.2) is 24.3 Å². The van der Waals surface area contributed by atoms with Gasteiger partial charge in [-0.1, -0.05) is 19.9 Å². The molecule has 0 bridgehead atoms. The Labute approximate surface area is 144 Å². The highest BCUT2D eigenvalue weighted by atomic mass is 16.5. The summed E-state index contributed by atoms with van der Waals surface area (Å²) in [5, 5.41) is 2.94. The largest absolute Gasteiger partial charge is 0.497 e. The lowest BCUT2D eigenvalue weighted by Gasteiger charge is -2.58. The van der Waals surface area contributed by atoms with Gasteiger partial charge in [0.1, 0.15) is 5.75 Å². The molecular formula is C19H28N2O3. The summed E-state index contributed by atoms with van der Waals surface area (Å²) in [7, 11) is 3.75. The highest BCUT2D eigenvalue weighted by Crippen LogP contribution is 2.54. The maximum Gasteiger partial charge on any atom is 0.225 e. The second-order valence-electron chi connectivity index (χ2n) is 7.52. The van der Waals surface area contributed by atoms with E-state index in [4.69, 9.17) is 9.47 Å². The normalized spacial score (nSPS) is 27.5. The first-order chi connectivity index (χ1) is 11.4. The first-order valence-corrected chi connectivity index (χ1v) is 8.69. The van der Waals surface area contributed by atoms with E-state index in [2.05, 4.69) is 31.1 Å². The molecule has 1 heterocycles. The van der Waals surface area contributed by atoms with Crippen molar-refractivity contribution < 1.29 is 14.3 Å². The third-order valence-electron chi connectivity index (χ3n) is 5.56. The van der Waals surface area contributed by atoms with Gasteiger partial charge in [-0.25, -0.2) is 0 Å². The number of nitrogens with one attached hydrogen (secondary N) is 1. The number of nitrogens with zero attached hydrogens (tertiary/aromatic N) is 1. The Morgan fingerprint density at radius 2 is 2.25 bits per heavy atom. The zero-order chi connectivity index (χ0) is 17.3. The molecule has 1 aliphatic heterocycles. The van der Waals surface area contributed by atoms with Gasteiger partial charge in [-0.2, -0.15) is 0 Å². The van der Waals surface area contributed by atoms with Crippen LogP contribution in [0.4, 0.5) is 5.69 Å². The first kappa shape index (κ1) is 17.2. The van der Waals surface area contributed by atoms with E-state index in [-0.39, 0.29) is 11.3 Å². The van der Waals surface area contributed by atoms with Gasteiger partial charge in [0.15, 0.2) is 0 Å². The fourth-order valence-electron chi connectivity index (χ4n) is 4.53. The molecule has 132 valence electrons. The van der Waals surface area contributed by atoms with Gasteiger partial charge < -0.3 is 19.7 Å². The van der Waals surface area contributed by atoms with E-state index in [9.17, 15) is 4.79 Å². The summed E-state index contributed by atoms with van der Waals surface area (Å²) in [4.78, 5) is 14.6. The average Bonchev–Trinajstić information content (AvgIpc) is 2.99. The lowest BCUT2D eigenvalue weighted by atomic mass is 9.57. The number of carbonyl (C=O) groups excluding carboxylic acids is 1. The van der Waals surface area contributed by atoms with E-state index in [0.29, 0.717) is 24.5 Å². The topological polar surface area (TPSA) is 50.8 Å². The third kappa shape index (κ3) is 3.15. The molecule has 1 saturated heterocycles. The second kappa shape index (κ2) is 6.73. The fourth-order valence-corrected chi connectivity index (χ4v) is 4.53. The standard InChI is InChI=1S/C19H28N2O3/c1-19(2)17(15-9-11-24-18(15)19)21(3)10-8-16(22)20-13-6-5-7-14(12-13)23-4/h5-7,12,15,17-18H,8-11H2,1-4H3,(H,20,22)/t15-,17+,18-/m0/s1. The Bertz CT molecular complexity index is 602. The van der Waals surface area contributed by atoms with Crippen LogP contribution in [0.3, 0.4) is 0 Å². The minimum absolute atomic E-state index is 0.0338. The smallest absolute Gasteiger partial charge is 0.225 e. The SMILES string of the molecule is COc1cccc(NC(=O)CCN(C)[C@@H]2[C@@H]3CCO[C@@H]3C2(C)C)c1. The van der Waals surface area contributed by atoms with E-state index in [1.165, 1.54) is 0 Å². The highest BCUT2D eigenvalue weighted by molar-refractivity contribution is 5.91. The van der Waals surface area contributed by atoms with Crippen LogP contribution in [0, 0.1) is 11.3 Å². The van der Waals surface area contributed by atoms with Crippen LogP contribution in [-0.2, 0) is 9.53 Å². The maximum atomic E-state index is 12.2. The van der Waals surface area contributed by atoms with E-state index >= 15 is 0 Å². The number of anilines is 1. The number of hydrogen-bond acceptors (Lipinski definition) is 4. The summed E-state index contributed by atoms with van der Waals surface area (Å²) < 4.78 is 11.0. The highest BCUT2D eigenvalue weighted by Gasteiger charge is 2.60. The lowest BCUT2D eigenvalue weighted by molar-refractivity contribution is -0.150. The number of ether oxygens (including phenoxy) is 2. The number of carbonyl (C=O) groups is 1. The van der Waals surface area contributed by atoms with Gasteiger partial charge in [0.05, 0.1) is 13.2 Å². The van der Waals surface area contributed by atoms with Crippen molar-refractivity contribution in [1.29, 1.82) is 0 Å². The molecular weight excluding hydrogens is 304 g/mol. The molecule has 1 saturated carbocycles. The molecule has 1 aromatic carbocycles. The molecule has 24 heavy (non-hydrogen) atoms. The molecule has 2 aliphatic rings. The van der Waals surface area contributed by atoms with Gasteiger partial charge in [0.25, 0.3) is 0 Å². The Morgan fingerprint density at radius 3 is 3.00 bits per heavy atom. The third-order valence-corrected chi connectivity index (χ3v) is 5.56. The average molecular weight is 332 g/mol. The van der Waals surface area contributed by atoms with E-state index in [1.807, 2.05) is 24.3 Å². The summed E-state index contributed by atoms with van der Waals surface area (Å²) in [6.45, 7) is 6.18. The molecule has 3 rings (SSSR count). The van der Waals surface area contributed by atoms with Gasteiger partial charge >= 0.3 is 0 Å². The zero-order valence-corrected chi connectivity index (χ0v) is 15.0. The summed E-state index contributed by atoms with van der Waals surface area (Å²) in [6.07, 6.45) is 2.01. The number of fused-ring (bicyclic) bond motifs is 1. The predicted octanol–water partition coefficient (Wildman–Crippen LogP) is 2.77. The van der Waals surface area contributed by atoms with Crippen LogP contribution in [-0.4, -0.2) is 50.3 Å². The molecule has 0 aromatic heterocycles. The van der Waals surface area contributed by atoms with Crippen LogP contribution in [0.2, 0.25) is 0 Å². The maximum absolute atomic E-state index is 12.2. The minimum atomic E-state index is 0.0338. The molecule has 0 radical (unpaired) electrons. The number of amides is 1.